The molecule has 1 aromatic rings. The molecule has 0 bridgehead atoms. The van der Waals surface area contributed by atoms with Crippen molar-refractivity contribution in [1.29, 1.82) is 0 Å². The second-order valence-corrected chi connectivity index (χ2v) is 5.03. The molecular formula is C15H24N2O3. The fourth-order valence-electron chi connectivity index (χ4n) is 1.81. The number of carbonyl (C=O) groups is 1. The Kier molecular flexibility index (Phi) is 6.15. The molecule has 20 heavy (non-hydrogen) atoms. The molecule has 0 aliphatic heterocycles. The number of hydrogen-bond donors (Lipinski definition) is 2. The Morgan fingerprint density at radius 1 is 1.35 bits per heavy atom. The van der Waals surface area contributed by atoms with Crippen LogP contribution in [0, 0.1) is 5.92 Å². The lowest BCUT2D eigenvalue weighted by molar-refractivity contribution is -0.142. The van der Waals surface area contributed by atoms with Crippen molar-refractivity contribution in [2.75, 3.05) is 24.8 Å². The number of nitrogens with two attached hydrogens (primary N) is 1. The maximum atomic E-state index is 11.8. The molecule has 5 heteroatoms. The third-order valence-corrected chi connectivity index (χ3v) is 2.85. The van der Waals surface area contributed by atoms with Crippen LogP contribution in [-0.4, -0.2) is 25.7 Å². The van der Waals surface area contributed by atoms with E-state index in [-0.39, 0.29) is 11.9 Å². The van der Waals surface area contributed by atoms with Crippen molar-refractivity contribution in [2.24, 2.45) is 5.92 Å². The molecule has 0 radical (unpaired) electrons. The van der Waals surface area contributed by atoms with E-state index in [9.17, 15) is 4.79 Å². The van der Waals surface area contributed by atoms with Crippen LogP contribution < -0.4 is 15.8 Å². The van der Waals surface area contributed by atoms with Crippen LogP contribution in [0.2, 0.25) is 0 Å². The number of nitrogens with one attached hydrogen (secondary N) is 1. The summed E-state index contributed by atoms with van der Waals surface area (Å²) in [5.74, 6) is 0.504. The van der Waals surface area contributed by atoms with Gasteiger partial charge in [-0.05, 0) is 18.4 Å². The Hall–Kier alpha value is -1.91. The fraction of sp³-hybridized carbons (Fsp3) is 0.533. The average Bonchev–Trinajstić information content (AvgIpc) is 2.40. The lowest BCUT2D eigenvalue weighted by Gasteiger charge is -2.21. The lowest BCUT2D eigenvalue weighted by Crippen LogP contribution is -2.35. The number of benzene rings is 1. The summed E-state index contributed by atoms with van der Waals surface area (Å²) in [6.45, 7) is 6.58. The molecule has 1 aromatic carbocycles. The summed E-state index contributed by atoms with van der Waals surface area (Å²) in [4.78, 5) is 11.8. The Labute approximate surface area is 120 Å². The van der Waals surface area contributed by atoms with Gasteiger partial charge in [0.05, 0.1) is 13.7 Å². The molecule has 1 atom stereocenters. The highest BCUT2D eigenvalue weighted by atomic mass is 16.5. The average molecular weight is 280 g/mol. The first-order chi connectivity index (χ1) is 9.47. The van der Waals surface area contributed by atoms with Crippen molar-refractivity contribution >= 4 is 17.3 Å². The largest absolute Gasteiger partial charge is 0.493 e. The summed E-state index contributed by atoms with van der Waals surface area (Å²) in [5.41, 5.74) is 7.20. The van der Waals surface area contributed by atoms with Gasteiger partial charge in [-0.3, -0.25) is 0 Å². The van der Waals surface area contributed by atoms with E-state index in [1.165, 1.54) is 7.11 Å². The van der Waals surface area contributed by atoms with Crippen molar-refractivity contribution < 1.29 is 14.3 Å². The third-order valence-electron chi connectivity index (χ3n) is 2.85. The van der Waals surface area contributed by atoms with E-state index in [1.807, 2.05) is 26.8 Å². The minimum Gasteiger partial charge on any atom is -0.493 e. The molecule has 0 aliphatic carbocycles. The van der Waals surface area contributed by atoms with Crippen molar-refractivity contribution in [3.63, 3.8) is 0 Å². The van der Waals surface area contributed by atoms with Gasteiger partial charge < -0.3 is 20.5 Å². The number of hydrogen-bond acceptors (Lipinski definition) is 5. The van der Waals surface area contributed by atoms with E-state index in [2.05, 4.69) is 5.32 Å². The topological polar surface area (TPSA) is 73.6 Å². The minimum atomic E-state index is -0.416. The smallest absolute Gasteiger partial charge is 0.328 e. The van der Waals surface area contributed by atoms with Crippen molar-refractivity contribution in [3.05, 3.63) is 18.2 Å². The summed E-state index contributed by atoms with van der Waals surface area (Å²) in [5, 5.41) is 3.15. The number of esters is 1. The Morgan fingerprint density at radius 2 is 2.05 bits per heavy atom. The minimum absolute atomic E-state index is 0.101. The first-order valence-corrected chi connectivity index (χ1v) is 6.85. The van der Waals surface area contributed by atoms with Crippen LogP contribution >= 0.6 is 0 Å². The van der Waals surface area contributed by atoms with E-state index >= 15 is 0 Å². The van der Waals surface area contributed by atoms with Crippen molar-refractivity contribution in [2.45, 2.75) is 33.2 Å². The van der Waals surface area contributed by atoms with Gasteiger partial charge in [0, 0.05) is 23.5 Å². The molecule has 0 aliphatic rings. The highest BCUT2D eigenvalue weighted by Gasteiger charge is 2.22. The molecule has 1 unspecified atom stereocenters. The van der Waals surface area contributed by atoms with Gasteiger partial charge in [0.25, 0.3) is 0 Å². The number of ether oxygens (including phenoxy) is 2. The van der Waals surface area contributed by atoms with E-state index in [0.717, 1.165) is 12.1 Å². The van der Waals surface area contributed by atoms with Gasteiger partial charge in [0.2, 0.25) is 0 Å². The molecule has 0 spiro atoms. The van der Waals surface area contributed by atoms with Crippen LogP contribution in [0.25, 0.3) is 0 Å². The molecule has 0 amide bonds. The molecule has 0 saturated carbocycles. The van der Waals surface area contributed by atoms with Crippen LogP contribution in [-0.2, 0) is 9.53 Å². The first kappa shape index (κ1) is 16.1. The Morgan fingerprint density at radius 3 is 2.60 bits per heavy atom. The summed E-state index contributed by atoms with van der Waals surface area (Å²) < 4.78 is 10.4. The highest BCUT2D eigenvalue weighted by molar-refractivity contribution is 5.80. The zero-order valence-corrected chi connectivity index (χ0v) is 12.6. The SMILES string of the molecule is CCCOc1cc(N)cc(NC(C(=O)OC)C(C)C)c1. The van der Waals surface area contributed by atoms with E-state index in [1.54, 1.807) is 12.1 Å². The second kappa shape index (κ2) is 7.62. The van der Waals surface area contributed by atoms with E-state index in [4.69, 9.17) is 15.2 Å². The zero-order chi connectivity index (χ0) is 15.1. The predicted octanol–water partition coefficient (Wildman–Crippen LogP) is 2.67. The summed E-state index contributed by atoms with van der Waals surface area (Å²) in [7, 11) is 1.38. The normalized spacial score (nSPS) is 12.1. The zero-order valence-electron chi connectivity index (χ0n) is 12.6. The number of anilines is 2. The van der Waals surface area contributed by atoms with Gasteiger partial charge >= 0.3 is 5.97 Å². The summed E-state index contributed by atoms with van der Waals surface area (Å²) in [6, 6.07) is 4.96. The van der Waals surface area contributed by atoms with Crippen LogP contribution in [0.4, 0.5) is 11.4 Å². The standard InChI is InChI=1S/C15H24N2O3/c1-5-6-20-13-8-11(16)7-12(9-13)17-14(10(2)3)15(18)19-4/h7-10,14,17H,5-6,16H2,1-4H3. The lowest BCUT2D eigenvalue weighted by atomic mass is 10.0. The fourth-order valence-corrected chi connectivity index (χ4v) is 1.81. The Bertz CT molecular complexity index is 447. The molecular weight excluding hydrogens is 256 g/mol. The van der Waals surface area contributed by atoms with E-state index in [0.29, 0.717) is 18.0 Å². The van der Waals surface area contributed by atoms with Crippen LogP contribution in [0.15, 0.2) is 18.2 Å². The van der Waals surface area contributed by atoms with Crippen molar-refractivity contribution in [3.8, 4) is 5.75 Å². The predicted molar refractivity (Wildman–Crippen MR) is 80.9 cm³/mol. The van der Waals surface area contributed by atoms with Crippen LogP contribution in [0.3, 0.4) is 0 Å². The van der Waals surface area contributed by atoms with E-state index < -0.39 is 6.04 Å². The van der Waals surface area contributed by atoms with Gasteiger partial charge in [-0.1, -0.05) is 20.8 Å². The van der Waals surface area contributed by atoms with Gasteiger partial charge in [-0.2, -0.15) is 0 Å². The molecule has 0 fully saturated rings. The molecule has 1 rings (SSSR count). The second-order valence-electron chi connectivity index (χ2n) is 5.03. The number of carbonyl (C=O) groups excluding carboxylic acids is 1. The van der Waals surface area contributed by atoms with Gasteiger partial charge in [-0.15, -0.1) is 0 Å². The monoisotopic (exact) mass is 280 g/mol. The summed E-state index contributed by atoms with van der Waals surface area (Å²) >= 11 is 0. The maximum Gasteiger partial charge on any atom is 0.328 e. The molecule has 112 valence electrons. The van der Waals surface area contributed by atoms with Crippen molar-refractivity contribution in [1.82, 2.24) is 0 Å². The first-order valence-electron chi connectivity index (χ1n) is 6.85. The number of nitrogen functional groups attached to an aromatic ring is 1. The molecule has 0 heterocycles. The van der Waals surface area contributed by atoms with Crippen LogP contribution in [0.1, 0.15) is 27.2 Å². The van der Waals surface area contributed by atoms with Gasteiger partial charge in [0.15, 0.2) is 0 Å². The number of rotatable bonds is 7. The molecule has 5 nitrogen and oxygen atoms in total. The van der Waals surface area contributed by atoms with Crippen LogP contribution in [0.5, 0.6) is 5.75 Å². The third kappa shape index (κ3) is 4.64. The molecule has 0 saturated heterocycles. The summed E-state index contributed by atoms with van der Waals surface area (Å²) in [6.07, 6.45) is 0.925. The Balaban J connectivity index is 2.89. The van der Waals surface area contributed by atoms with Gasteiger partial charge in [0.1, 0.15) is 11.8 Å². The molecule has 3 N–H and O–H groups in total. The van der Waals surface area contributed by atoms with Gasteiger partial charge in [-0.25, -0.2) is 4.79 Å². The number of methoxy groups -OCH3 is 1. The maximum absolute atomic E-state index is 11.8. The molecule has 0 aromatic heterocycles. The highest BCUT2D eigenvalue weighted by Crippen LogP contribution is 2.24. The quantitative estimate of drug-likeness (QED) is 0.593.